The number of amidine groups is 1. The molecule has 4 nitrogen and oxygen atoms in total. The summed E-state index contributed by atoms with van der Waals surface area (Å²) < 4.78 is 5.72. The first kappa shape index (κ1) is 13.1. The van der Waals surface area contributed by atoms with E-state index in [1.54, 1.807) is 12.1 Å². The van der Waals surface area contributed by atoms with Crippen molar-refractivity contribution in [1.29, 1.82) is 5.41 Å². The average Bonchev–Trinajstić information content (AvgIpc) is 2.42. The van der Waals surface area contributed by atoms with Crippen LogP contribution in [0.1, 0.15) is 11.1 Å². The Hall–Kier alpha value is -2.33. The van der Waals surface area contributed by atoms with Crippen LogP contribution < -0.4 is 10.5 Å². The van der Waals surface area contributed by atoms with Crippen LogP contribution in [0, 0.1) is 5.41 Å². The third-order valence-electron chi connectivity index (χ3n) is 2.73. The normalized spacial score (nSPS) is 10.2. The standard InChI is InChI=1S/C15H16N2O2/c16-15(17)13-3-1-2-4-14(13)19-12-7-5-11(6-8-12)9-10-18/h1-8,18H,9-10H2,(H3,16,17). The Labute approximate surface area is 112 Å². The van der Waals surface area contributed by atoms with Crippen LogP contribution in [0.5, 0.6) is 11.5 Å². The molecular formula is C15H16N2O2. The van der Waals surface area contributed by atoms with Crippen molar-refractivity contribution in [2.24, 2.45) is 5.73 Å². The lowest BCUT2D eigenvalue weighted by Gasteiger charge is -2.10. The Morgan fingerprint density at radius 2 is 1.79 bits per heavy atom. The predicted octanol–water partition coefficient (Wildman–Crippen LogP) is 2.30. The summed E-state index contributed by atoms with van der Waals surface area (Å²) in [4.78, 5) is 0. The fourth-order valence-electron chi connectivity index (χ4n) is 1.76. The van der Waals surface area contributed by atoms with Crippen LogP contribution >= 0.6 is 0 Å². The first-order valence-corrected chi connectivity index (χ1v) is 6.02. The summed E-state index contributed by atoms with van der Waals surface area (Å²) in [5, 5.41) is 16.4. The molecule has 0 heterocycles. The second-order valence-corrected chi connectivity index (χ2v) is 4.13. The van der Waals surface area contributed by atoms with Crippen molar-refractivity contribution in [3.63, 3.8) is 0 Å². The van der Waals surface area contributed by atoms with Crippen LogP contribution in [0.3, 0.4) is 0 Å². The van der Waals surface area contributed by atoms with Gasteiger partial charge in [-0.05, 0) is 36.2 Å². The van der Waals surface area contributed by atoms with E-state index in [0.717, 1.165) is 5.56 Å². The Morgan fingerprint density at radius 3 is 2.42 bits per heavy atom. The molecule has 0 unspecified atom stereocenters. The van der Waals surface area contributed by atoms with E-state index in [4.69, 9.17) is 21.0 Å². The highest BCUT2D eigenvalue weighted by Crippen LogP contribution is 2.25. The molecule has 0 aliphatic carbocycles. The number of hydrogen-bond acceptors (Lipinski definition) is 3. The fourth-order valence-corrected chi connectivity index (χ4v) is 1.76. The maximum Gasteiger partial charge on any atom is 0.138 e. The Bertz CT molecular complexity index is 565. The Kier molecular flexibility index (Phi) is 4.15. The fraction of sp³-hybridized carbons (Fsp3) is 0.133. The van der Waals surface area contributed by atoms with Gasteiger partial charge in [-0.1, -0.05) is 24.3 Å². The molecule has 0 fully saturated rings. The zero-order valence-corrected chi connectivity index (χ0v) is 10.5. The zero-order chi connectivity index (χ0) is 13.7. The zero-order valence-electron chi connectivity index (χ0n) is 10.5. The molecule has 0 atom stereocenters. The number of aliphatic hydroxyl groups excluding tert-OH is 1. The van der Waals surface area contributed by atoms with Crippen molar-refractivity contribution in [2.75, 3.05) is 6.61 Å². The molecule has 0 amide bonds. The van der Waals surface area contributed by atoms with Crippen LogP contribution in [0.2, 0.25) is 0 Å². The SMILES string of the molecule is N=C(N)c1ccccc1Oc1ccc(CCO)cc1. The van der Waals surface area contributed by atoms with E-state index in [1.165, 1.54) is 0 Å². The topological polar surface area (TPSA) is 79.3 Å². The lowest BCUT2D eigenvalue weighted by atomic mass is 10.1. The Balaban J connectivity index is 2.19. The third-order valence-corrected chi connectivity index (χ3v) is 2.73. The molecule has 0 bridgehead atoms. The van der Waals surface area contributed by atoms with Crippen LogP contribution in [-0.2, 0) is 6.42 Å². The van der Waals surface area contributed by atoms with Crippen molar-refractivity contribution in [3.8, 4) is 11.5 Å². The predicted molar refractivity (Wildman–Crippen MR) is 74.8 cm³/mol. The maximum absolute atomic E-state index is 8.85. The molecule has 0 spiro atoms. The number of para-hydroxylation sites is 1. The molecule has 0 radical (unpaired) electrons. The summed E-state index contributed by atoms with van der Waals surface area (Å²) >= 11 is 0. The summed E-state index contributed by atoms with van der Waals surface area (Å²) in [6.45, 7) is 0.132. The quantitative estimate of drug-likeness (QED) is 0.567. The summed E-state index contributed by atoms with van der Waals surface area (Å²) in [5.41, 5.74) is 7.13. The molecule has 2 rings (SSSR count). The van der Waals surface area contributed by atoms with Gasteiger partial charge in [-0.2, -0.15) is 0 Å². The van der Waals surface area contributed by atoms with Gasteiger partial charge in [0.05, 0.1) is 5.56 Å². The number of nitrogen functional groups attached to an aromatic ring is 1. The minimum Gasteiger partial charge on any atom is -0.457 e. The average molecular weight is 256 g/mol. The number of hydrogen-bond donors (Lipinski definition) is 3. The molecule has 98 valence electrons. The van der Waals surface area contributed by atoms with E-state index in [2.05, 4.69) is 0 Å². The monoisotopic (exact) mass is 256 g/mol. The van der Waals surface area contributed by atoms with Gasteiger partial charge in [0, 0.05) is 6.61 Å². The van der Waals surface area contributed by atoms with Crippen LogP contribution in [0.25, 0.3) is 0 Å². The minimum atomic E-state index is -0.0208. The van der Waals surface area contributed by atoms with E-state index in [0.29, 0.717) is 23.5 Å². The maximum atomic E-state index is 8.85. The molecule has 0 saturated carbocycles. The highest BCUT2D eigenvalue weighted by Gasteiger charge is 2.06. The number of ether oxygens (including phenoxy) is 1. The molecule has 2 aromatic carbocycles. The molecular weight excluding hydrogens is 240 g/mol. The molecule has 2 aromatic rings. The van der Waals surface area contributed by atoms with Gasteiger partial charge in [0.2, 0.25) is 0 Å². The summed E-state index contributed by atoms with van der Waals surface area (Å²) in [7, 11) is 0. The van der Waals surface area contributed by atoms with Crippen LogP contribution in [0.15, 0.2) is 48.5 Å². The van der Waals surface area contributed by atoms with Gasteiger partial charge in [-0.15, -0.1) is 0 Å². The van der Waals surface area contributed by atoms with Gasteiger partial charge in [0.25, 0.3) is 0 Å². The summed E-state index contributed by atoms with van der Waals surface area (Å²) in [5.74, 6) is 1.22. The Morgan fingerprint density at radius 1 is 1.11 bits per heavy atom. The van der Waals surface area contributed by atoms with Gasteiger partial charge < -0.3 is 15.6 Å². The highest BCUT2D eigenvalue weighted by molar-refractivity contribution is 5.97. The second-order valence-electron chi connectivity index (χ2n) is 4.13. The smallest absolute Gasteiger partial charge is 0.138 e. The summed E-state index contributed by atoms with van der Waals surface area (Å²) in [6, 6.07) is 14.7. The number of benzene rings is 2. The van der Waals surface area contributed by atoms with Gasteiger partial charge in [-0.25, -0.2) is 0 Å². The molecule has 0 aliphatic rings. The van der Waals surface area contributed by atoms with Crippen molar-refractivity contribution in [3.05, 3.63) is 59.7 Å². The lowest BCUT2D eigenvalue weighted by Crippen LogP contribution is -2.12. The van der Waals surface area contributed by atoms with Crippen LogP contribution in [0.4, 0.5) is 0 Å². The first-order valence-electron chi connectivity index (χ1n) is 6.02. The molecule has 4 N–H and O–H groups in total. The molecule has 19 heavy (non-hydrogen) atoms. The number of aliphatic hydroxyl groups is 1. The lowest BCUT2D eigenvalue weighted by molar-refractivity contribution is 0.299. The van der Waals surface area contributed by atoms with Gasteiger partial charge in [0.15, 0.2) is 0 Å². The van der Waals surface area contributed by atoms with E-state index < -0.39 is 0 Å². The third kappa shape index (κ3) is 3.33. The summed E-state index contributed by atoms with van der Waals surface area (Å²) in [6.07, 6.45) is 0.629. The van der Waals surface area contributed by atoms with E-state index >= 15 is 0 Å². The highest BCUT2D eigenvalue weighted by atomic mass is 16.5. The molecule has 0 saturated heterocycles. The van der Waals surface area contributed by atoms with Crippen molar-refractivity contribution < 1.29 is 9.84 Å². The van der Waals surface area contributed by atoms with E-state index in [-0.39, 0.29) is 12.4 Å². The first-order chi connectivity index (χ1) is 9.20. The molecule has 0 aliphatic heterocycles. The van der Waals surface area contributed by atoms with Crippen molar-refractivity contribution in [2.45, 2.75) is 6.42 Å². The second kappa shape index (κ2) is 6.02. The van der Waals surface area contributed by atoms with E-state index in [9.17, 15) is 0 Å². The van der Waals surface area contributed by atoms with Gasteiger partial charge in [-0.3, -0.25) is 5.41 Å². The molecule has 4 heteroatoms. The number of nitrogens with one attached hydrogen (secondary N) is 1. The number of nitrogens with two attached hydrogens (primary N) is 1. The van der Waals surface area contributed by atoms with Gasteiger partial charge in [0.1, 0.15) is 17.3 Å². The largest absolute Gasteiger partial charge is 0.457 e. The van der Waals surface area contributed by atoms with Crippen LogP contribution in [-0.4, -0.2) is 17.5 Å². The van der Waals surface area contributed by atoms with E-state index in [1.807, 2.05) is 36.4 Å². The van der Waals surface area contributed by atoms with Crippen molar-refractivity contribution in [1.82, 2.24) is 0 Å². The minimum absolute atomic E-state index is 0.0208. The molecule has 0 aromatic heterocycles. The number of rotatable bonds is 5. The van der Waals surface area contributed by atoms with Crippen molar-refractivity contribution >= 4 is 5.84 Å². The van der Waals surface area contributed by atoms with Gasteiger partial charge >= 0.3 is 0 Å².